The minimum Gasteiger partial charge on any atom is -0.497 e. The van der Waals surface area contributed by atoms with E-state index in [1.165, 1.54) is 5.56 Å². The average molecular weight is 324 g/mol. The second-order valence-electron chi connectivity index (χ2n) is 5.56. The number of benzene rings is 1. The molecule has 0 radical (unpaired) electrons. The Morgan fingerprint density at radius 1 is 1.25 bits per heavy atom. The lowest BCUT2D eigenvalue weighted by Crippen LogP contribution is -2.22. The van der Waals surface area contributed by atoms with E-state index in [4.69, 9.17) is 4.74 Å². The van der Waals surface area contributed by atoms with Gasteiger partial charge in [-0.3, -0.25) is 9.89 Å². The van der Waals surface area contributed by atoms with Crippen molar-refractivity contribution >= 4 is 16.9 Å². The third-order valence-corrected chi connectivity index (χ3v) is 3.90. The average Bonchev–Trinajstić information content (AvgIpc) is 3.04. The predicted octanol–water partition coefficient (Wildman–Crippen LogP) is 2.61. The number of aryl methyl sites for hydroxylation is 1. The summed E-state index contributed by atoms with van der Waals surface area (Å²) in [6, 6.07) is 11.7. The van der Waals surface area contributed by atoms with Crippen LogP contribution in [0, 0.1) is 0 Å². The van der Waals surface area contributed by atoms with Crippen LogP contribution in [0.2, 0.25) is 0 Å². The highest BCUT2D eigenvalue weighted by atomic mass is 16.5. The molecule has 3 aromatic rings. The maximum Gasteiger partial charge on any atom is 0.220 e. The van der Waals surface area contributed by atoms with Crippen LogP contribution >= 0.6 is 0 Å². The van der Waals surface area contributed by atoms with Gasteiger partial charge in [0, 0.05) is 18.0 Å². The molecule has 1 aromatic carbocycles. The predicted molar refractivity (Wildman–Crippen MR) is 91.7 cm³/mol. The summed E-state index contributed by atoms with van der Waals surface area (Å²) in [6.45, 7) is 0.434. The molecule has 6 nitrogen and oxygen atoms in total. The molecular formula is C18H20N4O2. The van der Waals surface area contributed by atoms with Crippen LogP contribution in [0.1, 0.15) is 24.1 Å². The molecule has 0 saturated heterocycles. The molecule has 6 heteroatoms. The molecule has 2 heterocycles. The number of hydrogen-bond donors (Lipinski definition) is 2. The van der Waals surface area contributed by atoms with E-state index in [2.05, 4.69) is 20.5 Å². The van der Waals surface area contributed by atoms with Gasteiger partial charge in [0.2, 0.25) is 5.91 Å². The van der Waals surface area contributed by atoms with Crippen LogP contribution in [0.4, 0.5) is 0 Å². The number of H-pyrrole nitrogens is 1. The lowest BCUT2D eigenvalue weighted by atomic mass is 10.1. The van der Waals surface area contributed by atoms with Crippen LogP contribution in [-0.2, 0) is 17.8 Å². The van der Waals surface area contributed by atoms with E-state index in [1.54, 1.807) is 13.3 Å². The van der Waals surface area contributed by atoms with Crippen LogP contribution in [0.3, 0.4) is 0 Å². The lowest BCUT2D eigenvalue weighted by molar-refractivity contribution is -0.121. The summed E-state index contributed by atoms with van der Waals surface area (Å²) in [6.07, 6.45) is 3.87. The van der Waals surface area contributed by atoms with Crippen molar-refractivity contribution in [3.63, 3.8) is 0 Å². The Hall–Kier alpha value is -2.89. The Balaban J connectivity index is 1.44. The number of fused-ring (bicyclic) bond motifs is 1. The van der Waals surface area contributed by atoms with E-state index in [0.29, 0.717) is 18.6 Å². The fraction of sp³-hybridized carbons (Fsp3) is 0.278. The molecule has 0 aliphatic heterocycles. The van der Waals surface area contributed by atoms with Crippen molar-refractivity contribution in [2.24, 2.45) is 0 Å². The monoisotopic (exact) mass is 324 g/mol. The van der Waals surface area contributed by atoms with Crippen LogP contribution in [0.15, 0.2) is 42.6 Å². The molecule has 0 aliphatic carbocycles. The first-order valence-corrected chi connectivity index (χ1v) is 7.94. The number of aromatic nitrogens is 3. The number of aromatic amines is 1. The van der Waals surface area contributed by atoms with Crippen molar-refractivity contribution < 1.29 is 9.53 Å². The van der Waals surface area contributed by atoms with Gasteiger partial charge in [-0.1, -0.05) is 12.1 Å². The highest BCUT2D eigenvalue weighted by molar-refractivity contribution is 5.79. The maximum atomic E-state index is 12.0. The highest BCUT2D eigenvalue weighted by Gasteiger charge is 2.07. The summed E-state index contributed by atoms with van der Waals surface area (Å²) in [4.78, 5) is 16.1. The summed E-state index contributed by atoms with van der Waals surface area (Å²) >= 11 is 0. The fourth-order valence-corrected chi connectivity index (χ4v) is 2.56. The van der Waals surface area contributed by atoms with Gasteiger partial charge >= 0.3 is 0 Å². The number of carbonyl (C=O) groups is 1. The van der Waals surface area contributed by atoms with Crippen molar-refractivity contribution in [2.45, 2.75) is 25.8 Å². The zero-order valence-electron chi connectivity index (χ0n) is 13.6. The highest BCUT2D eigenvalue weighted by Crippen LogP contribution is 2.14. The van der Waals surface area contributed by atoms with Gasteiger partial charge in [-0.05, 0) is 42.7 Å². The fourth-order valence-electron chi connectivity index (χ4n) is 2.56. The van der Waals surface area contributed by atoms with Crippen molar-refractivity contribution in [1.29, 1.82) is 0 Å². The third kappa shape index (κ3) is 3.90. The minimum atomic E-state index is 0.0372. The summed E-state index contributed by atoms with van der Waals surface area (Å²) in [5.41, 5.74) is 2.75. The van der Waals surface area contributed by atoms with Gasteiger partial charge in [-0.15, -0.1) is 0 Å². The van der Waals surface area contributed by atoms with Crippen LogP contribution in [0.25, 0.3) is 11.0 Å². The van der Waals surface area contributed by atoms with Crippen LogP contribution < -0.4 is 10.1 Å². The van der Waals surface area contributed by atoms with E-state index in [-0.39, 0.29) is 5.91 Å². The smallest absolute Gasteiger partial charge is 0.220 e. The number of methoxy groups -OCH3 is 1. The number of rotatable bonds is 7. The SMILES string of the molecule is COc1ccc(CCCC(=O)NCc2[nH]nc3ncccc23)cc1. The van der Waals surface area contributed by atoms with Crippen LogP contribution in [-0.4, -0.2) is 28.2 Å². The van der Waals surface area contributed by atoms with Gasteiger partial charge in [-0.2, -0.15) is 5.10 Å². The molecule has 0 atom stereocenters. The largest absolute Gasteiger partial charge is 0.497 e. The third-order valence-electron chi connectivity index (χ3n) is 3.90. The molecule has 24 heavy (non-hydrogen) atoms. The van der Waals surface area contributed by atoms with E-state index in [9.17, 15) is 4.79 Å². The molecule has 0 spiro atoms. The van der Waals surface area contributed by atoms with Gasteiger partial charge in [0.05, 0.1) is 19.3 Å². The molecular weight excluding hydrogens is 304 g/mol. The van der Waals surface area contributed by atoms with Crippen molar-refractivity contribution in [2.75, 3.05) is 7.11 Å². The van der Waals surface area contributed by atoms with Gasteiger partial charge in [-0.25, -0.2) is 4.98 Å². The second kappa shape index (κ2) is 7.59. The summed E-state index contributed by atoms with van der Waals surface area (Å²) in [7, 11) is 1.65. The Bertz CT molecular complexity index is 811. The Morgan fingerprint density at radius 2 is 2.08 bits per heavy atom. The lowest BCUT2D eigenvalue weighted by Gasteiger charge is -2.05. The number of nitrogens with zero attached hydrogens (tertiary/aromatic N) is 2. The standard InChI is InChI=1S/C18H20N4O2/c1-24-14-9-7-13(8-10-14)4-2-6-17(23)20-12-16-15-5-3-11-19-18(15)22-21-16/h3,5,7-11H,2,4,6,12H2,1H3,(H,20,23)(H,19,21,22). The normalized spacial score (nSPS) is 10.7. The summed E-state index contributed by atoms with van der Waals surface area (Å²) < 4.78 is 5.13. The van der Waals surface area contributed by atoms with E-state index < -0.39 is 0 Å². The number of pyridine rings is 1. The van der Waals surface area contributed by atoms with Crippen molar-refractivity contribution in [3.8, 4) is 5.75 Å². The number of nitrogens with one attached hydrogen (secondary N) is 2. The van der Waals surface area contributed by atoms with Crippen molar-refractivity contribution in [1.82, 2.24) is 20.5 Å². The number of carbonyl (C=O) groups excluding carboxylic acids is 1. The number of ether oxygens (including phenoxy) is 1. The quantitative estimate of drug-likeness (QED) is 0.700. The summed E-state index contributed by atoms with van der Waals surface area (Å²) in [5, 5.41) is 10.9. The zero-order valence-corrected chi connectivity index (χ0v) is 13.6. The first-order chi connectivity index (χ1) is 11.8. The van der Waals surface area contributed by atoms with Gasteiger partial charge in [0.25, 0.3) is 0 Å². The molecule has 0 saturated carbocycles. The molecule has 2 aromatic heterocycles. The Labute approximate surface area is 140 Å². The Kier molecular flexibility index (Phi) is 5.05. The molecule has 0 aliphatic rings. The maximum absolute atomic E-state index is 12.0. The molecule has 0 fully saturated rings. The molecule has 0 bridgehead atoms. The van der Waals surface area contributed by atoms with Gasteiger partial charge in [0.15, 0.2) is 5.65 Å². The molecule has 0 unspecified atom stereocenters. The molecule has 1 amide bonds. The summed E-state index contributed by atoms with van der Waals surface area (Å²) in [5.74, 6) is 0.882. The number of hydrogen-bond acceptors (Lipinski definition) is 4. The zero-order chi connectivity index (χ0) is 16.8. The first kappa shape index (κ1) is 16.0. The minimum absolute atomic E-state index is 0.0372. The first-order valence-electron chi connectivity index (χ1n) is 7.94. The van der Waals surface area contributed by atoms with E-state index in [1.807, 2.05) is 36.4 Å². The molecule has 124 valence electrons. The molecule has 2 N–H and O–H groups in total. The van der Waals surface area contributed by atoms with E-state index in [0.717, 1.165) is 29.7 Å². The van der Waals surface area contributed by atoms with Gasteiger partial charge in [0.1, 0.15) is 5.75 Å². The van der Waals surface area contributed by atoms with E-state index >= 15 is 0 Å². The van der Waals surface area contributed by atoms with Crippen LogP contribution in [0.5, 0.6) is 5.75 Å². The van der Waals surface area contributed by atoms with Gasteiger partial charge < -0.3 is 10.1 Å². The van der Waals surface area contributed by atoms with Crippen molar-refractivity contribution in [3.05, 3.63) is 53.9 Å². The second-order valence-corrected chi connectivity index (χ2v) is 5.56. The number of amides is 1. The molecule has 3 rings (SSSR count). The Morgan fingerprint density at radius 3 is 2.88 bits per heavy atom. The topological polar surface area (TPSA) is 79.9 Å².